The number of hydrogen-bond acceptors (Lipinski definition) is 6. The number of nitrogens with one attached hydrogen (secondary N) is 1. The van der Waals surface area contributed by atoms with Crippen LogP contribution in [0, 0.1) is 5.92 Å². The van der Waals surface area contributed by atoms with Crippen LogP contribution in [0.3, 0.4) is 0 Å². The zero-order chi connectivity index (χ0) is 22.6. The molecule has 1 N–H and O–H groups in total. The lowest BCUT2D eigenvalue weighted by atomic mass is 9.98. The van der Waals surface area contributed by atoms with Gasteiger partial charge in [0.25, 0.3) is 5.91 Å². The van der Waals surface area contributed by atoms with E-state index in [2.05, 4.69) is 4.72 Å². The molecule has 0 bridgehead atoms. The average molecular weight is 452 g/mol. The van der Waals surface area contributed by atoms with Crippen molar-refractivity contribution >= 4 is 27.8 Å². The number of sulfonamides is 1. The van der Waals surface area contributed by atoms with Gasteiger partial charge < -0.3 is 14.5 Å². The summed E-state index contributed by atoms with van der Waals surface area (Å²) >= 11 is 0. The van der Waals surface area contributed by atoms with E-state index in [-0.39, 0.29) is 47.4 Å². The lowest BCUT2D eigenvalue weighted by Gasteiger charge is -2.32. The molecular weight excluding hydrogens is 422 g/mol. The Morgan fingerprint density at radius 3 is 2.65 bits per heavy atom. The maximum atomic E-state index is 12.8. The molecule has 9 nitrogen and oxygen atoms in total. The molecule has 1 saturated heterocycles. The fourth-order valence-electron chi connectivity index (χ4n) is 3.54. The van der Waals surface area contributed by atoms with Crippen molar-refractivity contribution in [1.29, 1.82) is 0 Å². The number of esters is 1. The molecule has 3 rings (SSSR count). The Balaban J connectivity index is 1.61. The number of rotatable bonds is 8. The Bertz CT molecular complexity index is 944. The molecule has 2 fully saturated rings. The van der Waals surface area contributed by atoms with Gasteiger partial charge in [0, 0.05) is 31.7 Å². The third kappa shape index (κ3) is 6.04. The van der Waals surface area contributed by atoms with Gasteiger partial charge in [-0.2, -0.15) is 0 Å². The minimum Gasteiger partial charge on any atom is -0.466 e. The van der Waals surface area contributed by atoms with Crippen molar-refractivity contribution in [2.24, 2.45) is 5.92 Å². The highest BCUT2D eigenvalue weighted by Crippen LogP contribution is 2.23. The van der Waals surface area contributed by atoms with Crippen molar-refractivity contribution < 1.29 is 27.5 Å². The molecule has 170 valence electrons. The van der Waals surface area contributed by atoms with Crippen LogP contribution in [-0.4, -0.2) is 75.3 Å². The van der Waals surface area contributed by atoms with Crippen molar-refractivity contribution in [2.45, 2.75) is 43.5 Å². The van der Waals surface area contributed by atoms with Crippen molar-refractivity contribution in [1.82, 2.24) is 14.5 Å². The monoisotopic (exact) mass is 451 g/mol. The van der Waals surface area contributed by atoms with Crippen LogP contribution in [0.15, 0.2) is 29.2 Å². The zero-order valence-electron chi connectivity index (χ0n) is 17.9. The predicted octanol–water partition coefficient (Wildman–Crippen LogP) is 1.00. The van der Waals surface area contributed by atoms with Gasteiger partial charge in [0.05, 0.1) is 24.0 Å². The van der Waals surface area contributed by atoms with Gasteiger partial charge in [-0.1, -0.05) is 6.07 Å². The average Bonchev–Trinajstić information content (AvgIpc) is 3.56. The Morgan fingerprint density at radius 2 is 1.97 bits per heavy atom. The molecule has 1 aromatic rings. The Labute approximate surface area is 182 Å². The number of likely N-dealkylation sites (tertiary alicyclic amines) is 1. The van der Waals surface area contributed by atoms with Crippen LogP contribution in [-0.2, 0) is 24.3 Å². The number of benzene rings is 1. The van der Waals surface area contributed by atoms with Crippen molar-refractivity contribution in [2.75, 3.05) is 33.3 Å². The number of hydrogen-bond donors (Lipinski definition) is 1. The van der Waals surface area contributed by atoms with Crippen LogP contribution in [0.2, 0.25) is 0 Å². The first kappa shape index (κ1) is 23.2. The highest BCUT2D eigenvalue weighted by Gasteiger charge is 2.31. The first-order valence-electron chi connectivity index (χ1n) is 10.5. The summed E-state index contributed by atoms with van der Waals surface area (Å²) in [6.45, 7) is 2.68. The number of ether oxygens (including phenoxy) is 1. The summed E-state index contributed by atoms with van der Waals surface area (Å²) in [6.07, 6.45) is 3.00. The smallest absolute Gasteiger partial charge is 0.310 e. The summed E-state index contributed by atoms with van der Waals surface area (Å²) in [5.74, 6) is -1.36. The van der Waals surface area contributed by atoms with Crippen molar-refractivity contribution in [3.63, 3.8) is 0 Å². The van der Waals surface area contributed by atoms with E-state index in [1.807, 2.05) is 0 Å². The molecular formula is C21H29N3O6S. The van der Waals surface area contributed by atoms with Crippen molar-refractivity contribution in [3.8, 4) is 0 Å². The number of carbonyl (C=O) groups is 3. The van der Waals surface area contributed by atoms with Crippen LogP contribution in [0.4, 0.5) is 0 Å². The lowest BCUT2D eigenvalue weighted by Crippen LogP contribution is -2.47. The third-order valence-electron chi connectivity index (χ3n) is 5.40. The summed E-state index contributed by atoms with van der Waals surface area (Å²) in [4.78, 5) is 40.4. The second kappa shape index (κ2) is 9.78. The molecule has 0 radical (unpaired) electrons. The van der Waals surface area contributed by atoms with Gasteiger partial charge in [-0.05, 0) is 50.8 Å². The third-order valence-corrected chi connectivity index (χ3v) is 6.92. The molecule has 1 atom stereocenters. The zero-order valence-corrected chi connectivity index (χ0v) is 18.7. The van der Waals surface area contributed by atoms with Crippen LogP contribution >= 0.6 is 0 Å². The number of nitrogens with zero attached hydrogens (tertiary/aromatic N) is 2. The highest BCUT2D eigenvalue weighted by atomic mass is 32.2. The van der Waals surface area contributed by atoms with Gasteiger partial charge in [-0.15, -0.1) is 0 Å². The first-order chi connectivity index (χ1) is 14.7. The fraction of sp³-hybridized carbons (Fsp3) is 0.571. The van der Waals surface area contributed by atoms with Crippen LogP contribution in [0.25, 0.3) is 0 Å². The SMILES string of the molecule is CCOC(=O)C1CCCN(C(=O)CN(C)C(=O)c2cccc(S(=O)(=O)NC3CC3)c2)C1. The molecule has 0 spiro atoms. The Hall–Kier alpha value is -2.46. The van der Waals surface area contributed by atoms with Crippen LogP contribution in [0.1, 0.15) is 43.0 Å². The number of amides is 2. The molecule has 0 aromatic heterocycles. The molecule has 1 aromatic carbocycles. The predicted molar refractivity (Wildman–Crippen MR) is 113 cm³/mol. The van der Waals surface area contributed by atoms with Crippen LogP contribution in [0.5, 0.6) is 0 Å². The Kier molecular flexibility index (Phi) is 7.32. The van der Waals surface area contributed by atoms with Gasteiger partial charge in [0.2, 0.25) is 15.9 Å². The van der Waals surface area contributed by atoms with Gasteiger partial charge >= 0.3 is 5.97 Å². The molecule has 2 amide bonds. The van der Waals surface area contributed by atoms with E-state index in [1.54, 1.807) is 11.8 Å². The summed E-state index contributed by atoms with van der Waals surface area (Å²) in [6, 6.07) is 5.77. The molecule has 2 aliphatic rings. The minimum absolute atomic E-state index is 0.0262. The van der Waals surface area contributed by atoms with E-state index in [4.69, 9.17) is 4.74 Å². The minimum atomic E-state index is -3.68. The van der Waals surface area contributed by atoms with Crippen molar-refractivity contribution in [3.05, 3.63) is 29.8 Å². The maximum absolute atomic E-state index is 12.8. The standard InChI is InChI=1S/C21H29N3O6S/c1-3-30-21(27)16-7-5-11-24(13-16)19(25)14-23(2)20(26)15-6-4-8-18(12-15)31(28,29)22-17-9-10-17/h4,6,8,12,16-17,22H,3,5,7,9-11,13-14H2,1-2H3. The van der Waals surface area contributed by atoms with E-state index < -0.39 is 15.9 Å². The second-order valence-corrected chi connectivity index (χ2v) is 9.73. The van der Waals surface area contributed by atoms with E-state index in [1.165, 1.54) is 36.2 Å². The van der Waals surface area contributed by atoms with E-state index in [0.717, 1.165) is 12.8 Å². The molecule has 31 heavy (non-hydrogen) atoms. The van der Waals surface area contributed by atoms with Gasteiger partial charge in [-0.3, -0.25) is 14.4 Å². The summed E-state index contributed by atoms with van der Waals surface area (Å²) in [5.41, 5.74) is 0.192. The van der Waals surface area contributed by atoms with E-state index in [0.29, 0.717) is 26.0 Å². The largest absolute Gasteiger partial charge is 0.466 e. The summed E-state index contributed by atoms with van der Waals surface area (Å²) in [7, 11) is -2.18. The molecule has 10 heteroatoms. The topological polar surface area (TPSA) is 113 Å². The van der Waals surface area contributed by atoms with E-state index >= 15 is 0 Å². The molecule has 1 aliphatic heterocycles. The number of likely N-dealkylation sites (N-methyl/N-ethyl adjacent to an activating group) is 1. The quantitative estimate of drug-likeness (QED) is 0.590. The van der Waals surface area contributed by atoms with Gasteiger partial charge in [0.15, 0.2) is 0 Å². The normalized spacial score (nSPS) is 19.0. The molecule has 1 aliphatic carbocycles. The second-order valence-electron chi connectivity index (χ2n) is 8.02. The molecule has 1 saturated carbocycles. The van der Waals surface area contributed by atoms with E-state index in [9.17, 15) is 22.8 Å². The fourth-order valence-corrected chi connectivity index (χ4v) is 4.89. The summed E-state index contributed by atoms with van der Waals surface area (Å²) in [5, 5.41) is 0. The lowest BCUT2D eigenvalue weighted by molar-refractivity contribution is -0.151. The maximum Gasteiger partial charge on any atom is 0.310 e. The number of piperidine rings is 1. The highest BCUT2D eigenvalue weighted by molar-refractivity contribution is 7.89. The summed E-state index contributed by atoms with van der Waals surface area (Å²) < 4.78 is 32.5. The first-order valence-corrected chi connectivity index (χ1v) is 12.0. The van der Waals surface area contributed by atoms with Crippen LogP contribution < -0.4 is 4.72 Å². The molecule has 1 heterocycles. The van der Waals surface area contributed by atoms with Gasteiger partial charge in [-0.25, -0.2) is 13.1 Å². The van der Waals surface area contributed by atoms with Gasteiger partial charge in [0.1, 0.15) is 0 Å². The molecule has 1 unspecified atom stereocenters. The Morgan fingerprint density at radius 1 is 1.23 bits per heavy atom. The number of carbonyl (C=O) groups excluding carboxylic acids is 3.